The van der Waals surface area contributed by atoms with Crippen molar-refractivity contribution < 1.29 is 23.6 Å². The second-order valence-electron chi connectivity index (χ2n) is 8.29. The van der Waals surface area contributed by atoms with Crippen molar-refractivity contribution in [3.05, 3.63) is 28.3 Å². The summed E-state index contributed by atoms with van der Waals surface area (Å²) in [5.74, 6) is 0.545. The molecular formula is C20H27N3O6. The largest absolute Gasteiger partial charge is 0.450 e. The molecule has 1 aromatic heterocycles. The molecule has 0 N–H and O–H groups in total. The molecule has 1 aromatic carbocycles. The Morgan fingerprint density at radius 3 is 2.72 bits per heavy atom. The summed E-state index contributed by atoms with van der Waals surface area (Å²) >= 11 is 0. The molecule has 1 amide bonds. The van der Waals surface area contributed by atoms with Crippen LogP contribution in [-0.4, -0.2) is 46.2 Å². The number of nitrogens with zero attached hydrogens (tertiary/aromatic N) is 3. The summed E-state index contributed by atoms with van der Waals surface area (Å²) in [4.78, 5) is 28.4. The molecule has 9 heteroatoms. The van der Waals surface area contributed by atoms with Gasteiger partial charge in [-0.05, 0) is 58.4 Å². The number of non-ortho nitro benzene ring substituents is 1. The molecule has 2 heterocycles. The smallest absolute Gasteiger partial charge is 0.410 e. The first-order valence-corrected chi connectivity index (χ1v) is 9.87. The summed E-state index contributed by atoms with van der Waals surface area (Å²) in [5, 5.41) is 10.8. The quantitative estimate of drug-likeness (QED) is 0.394. The van der Waals surface area contributed by atoms with Gasteiger partial charge in [0.1, 0.15) is 11.1 Å². The Morgan fingerprint density at radius 1 is 1.34 bits per heavy atom. The maximum absolute atomic E-state index is 12.1. The minimum atomic E-state index is -0.471. The van der Waals surface area contributed by atoms with Crippen molar-refractivity contribution in [2.75, 3.05) is 19.7 Å². The number of fused-ring (bicyclic) bond motifs is 1. The van der Waals surface area contributed by atoms with E-state index in [0.29, 0.717) is 36.7 Å². The van der Waals surface area contributed by atoms with Gasteiger partial charge in [0.05, 0.1) is 11.5 Å². The fraction of sp³-hybridized carbons (Fsp3) is 0.600. The SMILES string of the molecule is CC(C)(C)OC(=O)N1CCC(CCCOc2nc3cc([N+](=O)[O-])ccc3o2)CC1. The molecule has 29 heavy (non-hydrogen) atoms. The van der Waals surface area contributed by atoms with Gasteiger partial charge >= 0.3 is 12.2 Å². The van der Waals surface area contributed by atoms with Crippen molar-refractivity contribution in [2.45, 2.75) is 52.1 Å². The van der Waals surface area contributed by atoms with Crippen LogP contribution in [-0.2, 0) is 4.74 Å². The van der Waals surface area contributed by atoms with Gasteiger partial charge in [-0.15, -0.1) is 0 Å². The van der Waals surface area contributed by atoms with Gasteiger partial charge in [-0.25, -0.2) is 4.79 Å². The lowest BCUT2D eigenvalue weighted by atomic mass is 9.92. The number of nitro benzene ring substituents is 1. The first kappa shape index (κ1) is 20.9. The molecule has 1 saturated heterocycles. The van der Waals surface area contributed by atoms with Gasteiger partial charge in [-0.3, -0.25) is 10.1 Å². The summed E-state index contributed by atoms with van der Waals surface area (Å²) in [7, 11) is 0. The first-order valence-electron chi connectivity index (χ1n) is 9.87. The zero-order valence-corrected chi connectivity index (χ0v) is 17.1. The Kier molecular flexibility index (Phi) is 6.24. The molecule has 0 unspecified atom stereocenters. The molecule has 0 spiro atoms. The van der Waals surface area contributed by atoms with Gasteiger partial charge in [-0.2, -0.15) is 4.98 Å². The van der Waals surface area contributed by atoms with Crippen LogP contribution in [0.5, 0.6) is 6.08 Å². The van der Waals surface area contributed by atoms with Crippen LogP contribution >= 0.6 is 0 Å². The van der Waals surface area contributed by atoms with E-state index in [1.54, 1.807) is 4.90 Å². The van der Waals surface area contributed by atoms with Crippen molar-refractivity contribution in [3.63, 3.8) is 0 Å². The van der Waals surface area contributed by atoms with Crippen LogP contribution in [0, 0.1) is 16.0 Å². The normalized spacial score (nSPS) is 15.5. The molecular weight excluding hydrogens is 378 g/mol. The highest BCUT2D eigenvalue weighted by Crippen LogP contribution is 2.26. The van der Waals surface area contributed by atoms with E-state index in [1.807, 2.05) is 20.8 Å². The van der Waals surface area contributed by atoms with E-state index >= 15 is 0 Å². The van der Waals surface area contributed by atoms with E-state index in [-0.39, 0.29) is 17.9 Å². The first-order chi connectivity index (χ1) is 13.7. The van der Waals surface area contributed by atoms with Crippen LogP contribution in [0.1, 0.15) is 46.5 Å². The van der Waals surface area contributed by atoms with E-state index in [9.17, 15) is 14.9 Å². The lowest BCUT2D eigenvalue weighted by Gasteiger charge is -2.33. The number of hydrogen-bond donors (Lipinski definition) is 0. The number of carbonyl (C=O) groups is 1. The summed E-state index contributed by atoms with van der Waals surface area (Å²) in [6.45, 7) is 7.50. The number of carbonyl (C=O) groups excluding carboxylic acids is 1. The number of hydrogen-bond acceptors (Lipinski definition) is 7. The standard InChI is InChI=1S/C20H27N3O6/c1-20(2,3)29-19(24)22-10-8-14(9-11-22)5-4-12-27-18-21-16-13-15(23(25)26)6-7-17(16)28-18/h6-7,13-14H,4-5,8-12H2,1-3H3. The number of amides is 1. The third-order valence-electron chi connectivity index (χ3n) is 4.81. The maximum atomic E-state index is 12.1. The fourth-order valence-electron chi connectivity index (χ4n) is 3.33. The topological polar surface area (TPSA) is 108 Å². The van der Waals surface area contributed by atoms with Crippen LogP contribution in [0.25, 0.3) is 11.1 Å². The average molecular weight is 405 g/mol. The van der Waals surface area contributed by atoms with Gasteiger partial charge in [0.25, 0.3) is 5.69 Å². The zero-order chi connectivity index (χ0) is 21.0. The van der Waals surface area contributed by atoms with Gasteiger partial charge in [0, 0.05) is 25.2 Å². The minimum Gasteiger partial charge on any atom is -0.450 e. The molecule has 0 saturated carbocycles. The molecule has 0 aliphatic carbocycles. The lowest BCUT2D eigenvalue weighted by molar-refractivity contribution is -0.384. The third kappa shape index (κ3) is 5.82. The van der Waals surface area contributed by atoms with Gasteiger partial charge in [-0.1, -0.05) is 0 Å². The molecule has 2 aromatic rings. The molecule has 9 nitrogen and oxygen atoms in total. The summed E-state index contributed by atoms with van der Waals surface area (Å²) in [5.41, 5.74) is 0.361. The number of ether oxygens (including phenoxy) is 2. The van der Waals surface area contributed by atoms with E-state index in [1.165, 1.54) is 18.2 Å². The molecule has 0 bridgehead atoms. The van der Waals surface area contributed by atoms with E-state index in [4.69, 9.17) is 13.9 Å². The van der Waals surface area contributed by atoms with Crippen molar-refractivity contribution in [1.82, 2.24) is 9.88 Å². The van der Waals surface area contributed by atoms with Gasteiger partial charge in [0.2, 0.25) is 0 Å². The predicted octanol–water partition coefficient (Wildman–Crippen LogP) is 4.54. The highest BCUT2D eigenvalue weighted by molar-refractivity contribution is 5.75. The molecule has 0 radical (unpaired) electrons. The maximum Gasteiger partial charge on any atom is 0.410 e. The Labute approximate surface area is 169 Å². The Hall–Kier alpha value is -2.84. The Morgan fingerprint density at radius 2 is 2.07 bits per heavy atom. The zero-order valence-electron chi connectivity index (χ0n) is 17.1. The van der Waals surface area contributed by atoms with Crippen LogP contribution in [0.3, 0.4) is 0 Å². The van der Waals surface area contributed by atoms with Crippen molar-refractivity contribution in [2.24, 2.45) is 5.92 Å². The van der Waals surface area contributed by atoms with Crippen LogP contribution in [0.2, 0.25) is 0 Å². The lowest BCUT2D eigenvalue weighted by Crippen LogP contribution is -2.41. The Balaban J connectivity index is 1.39. The monoisotopic (exact) mass is 405 g/mol. The minimum absolute atomic E-state index is 0.0323. The van der Waals surface area contributed by atoms with Crippen LogP contribution in [0.15, 0.2) is 22.6 Å². The van der Waals surface area contributed by atoms with E-state index in [0.717, 1.165) is 25.7 Å². The molecule has 158 valence electrons. The number of aromatic nitrogens is 1. The molecule has 1 aliphatic heterocycles. The molecule has 0 atom stereocenters. The molecule has 1 fully saturated rings. The summed E-state index contributed by atoms with van der Waals surface area (Å²) in [6, 6.07) is 4.26. The number of piperidine rings is 1. The molecule has 1 aliphatic rings. The van der Waals surface area contributed by atoms with E-state index in [2.05, 4.69) is 4.98 Å². The number of oxazole rings is 1. The Bertz CT molecular complexity index is 865. The molecule has 3 rings (SSSR count). The average Bonchev–Trinajstić information content (AvgIpc) is 3.06. The van der Waals surface area contributed by atoms with Crippen molar-refractivity contribution in [3.8, 4) is 6.08 Å². The van der Waals surface area contributed by atoms with Crippen LogP contribution < -0.4 is 4.74 Å². The highest BCUT2D eigenvalue weighted by atomic mass is 16.6. The summed E-state index contributed by atoms with van der Waals surface area (Å²) < 4.78 is 16.4. The van der Waals surface area contributed by atoms with Crippen molar-refractivity contribution >= 4 is 22.9 Å². The number of likely N-dealkylation sites (tertiary alicyclic amines) is 1. The predicted molar refractivity (Wildman–Crippen MR) is 106 cm³/mol. The van der Waals surface area contributed by atoms with Gasteiger partial charge in [0.15, 0.2) is 5.58 Å². The second kappa shape index (κ2) is 8.67. The number of rotatable bonds is 6. The number of nitro groups is 1. The van der Waals surface area contributed by atoms with Crippen molar-refractivity contribution in [1.29, 1.82) is 0 Å². The fourth-order valence-corrected chi connectivity index (χ4v) is 3.33. The van der Waals surface area contributed by atoms with Gasteiger partial charge < -0.3 is 18.8 Å². The second-order valence-corrected chi connectivity index (χ2v) is 8.29. The highest BCUT2D eigenvalue weighted by Gasteiger charge is 2.26. The van der Waals surface area contributed by atoms with Crippen LogP contribution in [0.4, 0.5) is 10.5 Å². The van der Waals surface area contributed by atoms with E-state index < -0.39 is 10.5 Å². The third-order valence-corrected chi connectivity index (χ3v) is 4.81. The summed E-state index contributed by atoms with van der Waals surface area (Å²) in [6.07, 6.45) is 3.62. The number of benzene rings is 1.